The molecule has 1 atom stereocenters. The van der Waals surface area contributed by atoms with Gasteiger partial charge in [0, 0.05) is 18.5 Å². The molecule has 0 saturated heterocycles. The molecular formula is C11H18N2O5S2. The quantitative estimate of drug-likeness (QED) is 0.568. The summed E-state index contributed by atoms with van der Waals surface area (Å²) in [6, 6.07) is 6.36. The molecule has 0 radical (unpaired) electrons. The lowest BCUT2D eigenvalue weighted by molar-refractivity contribution is 0.182. The Kier molecular flexibility index (Phi) is 5.51. The van der Waals surface area contributed by atoms with E-state index in [4.69, 9.17) is 5.73 Å². The average molecular weight is 322 g/mol. The van der Waals surface area contributed by atoms with E-state index in [-0.39, 0.29) is 6.54 Å². The van der Waals surface area contributed by atoms with Crippen molar-refractivity contribution >= 4 is 25.5 Å². The molecule has 1 aromatic rings. The molecule has 0 fully saturated rings. The van der Waals surface area contributed by atoms with Crippen LogP contribution in [0.25, 0.3) is 0 Å². The Morgan fingerprint density at radius 2 is 1.70 bits per heavy atom. The number of sulfone groups is 1. The van der Waals surface area contributed by atoms with Crippen LogP contribution in [-0.2, 0) is 19.9 Å². The second-order valence-electron chi connectivity index (χ2n) is 4.48. The van der Waals surface area contributed by atoms with E-state index >= 15 is 0 Å². The maximum absolute atomic E-state index is 11.6. The fourth-order valence-electron chi connectivity index (χ4n) is 1.38. The van der Waals surface area contributed by atoms with Gasteiger partial charge in [-0.3, -0.25) is 0 Å². The molecule has 0 spiro atoms. The topological polar surface area (TPSA) is 127 Å². The summed E-state index contributed by atoms with van der Waals surface area (Å²) in [5.74, 6) is -0.986. The zero-order valence-electron chi connectivity index (χ0n) is 11.0. The fourth-order valence-corrected chi connectivity index (χ4v) is 4.02. The van der Waals surface area contributed by atoms with Crippen molar-refractivity contribution in [3.63, 3.8) is 0 Å². The Hall–Kier alpha value is -1.16. The predicted octanol–water partition coefficient (Wildman–Crippen LogP) is -0.734. The predicted molar refractivity (Wildman–Crippen MR) is 77.3 cm³/mol. The van der Waals surface area contributed by atoms with Crippen LogP contribution in [-0.4, -0.2) is 46.2 Å². The van der Waals surface area contributed by atoms with Gasteiger partial charge in [-0.15, -0.1) is 0 Å². The molecule has 0 aliphatic carbocycles. The van der Waals surface area contributed by atoms with E-state index in [1.165, 1.54) is 0 Å². The van der Waals surface area contributed by atoms with E-state index in [2.05, 4.69) is 4.72 Å². The molecular weight excluding hydrogens is 304 g/mol. The number of hydrogen-bond donors (Lipinski definition) is 3. The minimum Gasteiger partial charge on any atom is -0.399 e. The molecule has 4 N–H and O–H groups in total. The van der Waals surface area contributed by atoms with Gasteiger partial charge in [-0.2, -0.15) is 0 Å². The van der Waals surface area contributed by atoms with Gasteiger partial charge in [0.25, 0.3) is 0 Å². The number of hydrogen-bond acceptors (Lipinski definition) is 6. The molecule has 9 heteroatoms. The van der Waals surface area contributed by atoms with Crippen molar-refractivity contribution in [2.24, 2.45) is 0 Å². The molecule has 0 aromatic heterocycles. The Labute approximate surface area is 118 Å². The number of rotatable bonds is 7. The van der Waals surface area contributed by atoms with Crippen molar-refractivity contribution in [1.29, 1.82) is 0 Å². The third kappa shape index (κ3) is 6.33. The van der Waals surface area contributed by atoms with Crippen LogP contribution >= 0.6 is 0 Å². The summed E-state index contributed by atoms with van der Waals surface area (Å²) in [6.45, 7) is -0.226. The van der Waals surface area contributed by atoms with Crippen molar-refractivity contribution in [3.05, 3.63) is 29.8 Å². The number of sulfonamides is 1. The van der Waals surface area contributed by atoms with Gasteiger partial charge in [0.05, 0.1) is 17.6 Å². The van der Waals surface area contributed by atoms with Gasteiger partial charge < -0.3 is 10.8 Å². The first-order chi connectivity index (χ1) is 9.09. The normalized spacial score (nSPS) is 14.1. The summed E-state index contributed by atoms with van der Waals surface area (Å²) in [6.07, 6.45) is -0.0604. The van der Waals surface area contributed by atoms with Gasteiger partial charge in [0.15, 0.2) is 0 Å². The molecule has 20 heavy (non-hydrogen) atoms. The standard InChI is InChI=1S/C11H18N2O5S2/c1-19(15,16)6-7-20(17,18)13-8-11(14)9-2-4-10(12)5-3-9/h2-5,11,13-14H,6-8,12H2,1H3. The molecule has 7 nitrogen and oxygen atoms in total. The van der Waals surface area contributed by atoms with Crippen molar-refractivity contribution in [2.45, 2.75) is 6.10 Å². The molecule has 0 aliphatic heterocycles. The van der Waals surface area contributed by atoms with E-state index in [0.717, 1.165) is 6.26 Å². The Morgan fingerprint density at radius 3 is 2.20 bits per heavy atom. The third-order valence-corrected chi connectivity index (χ3v) is 5.09. The van der Waals surface area contributed by atoms with Gasteiger partial charge in [-0.1, -0.05) is 12.1 Å². The summed E-state index contributed by atoms with van der Waals surface area (Å²) >= 11 is 0. The van der Waals surface area contributed by atoms with E-state index in [0.29, 0.717) is 11.3 Å². The van der Waals surface area contributed by atoms with E-state index in [1.807, 2.05) is 0 Å². The van der Waals surface area contributed by atoms with Gasteiger partial charge in [-0.25, -0.2) is 21.6 Å². The van der Waals surface area contributed by atoms with E-state index in [9.17, 15) is 21.9 Å². The van der Waals surface area contributed by atoms with Crippen molar-refractivity contribution in [3.8, 4) is 0 Å². The number of benzene rings is 1. The maximum atomic E-state index is 11.6. The van der Waals surface area contributed by atoms with Crippen molar-refractivity contribution in [2.75, 3.05) is 30.0 Å². The van der Waals surface area contributed by atoms with Gasteiger partial charge >= 0.3 is 0 Å². The zero-order valence-corrected chi connectivity index (χ0v) is 12.6. The first-order valence-electron chi connectivity index (χ1n) is 5.78. The van der Waals surface area contributed by atoms with E-state index in [1.54, 1.807) is 24.3 Å². The van der Waals surface area contributed by atoms with E-state index < -0.39 is 37.5 Å². The SMILES string of the molecule is CS(=O)(=O)CCS(=O)(=O)NCC(O)c1ccc(N)cc1. The highest BCUT2D eigenvalue weighted by atomic mass is 32.2. The molecule has 0 bridgehead atoms. The summed E-state index contributed by atoms with van der Waals surface area (Å²) in [7, 11) is -7.09. The van der Waals surface area contributed by atoms with Crippen LogP contribution in [0.1, 0.15) is 11.7 Å². The van der Waals surface area contributed by atoms with Crippen LogP contribution in [0.2, 0.25) is 0 Å². The molecule has 1 aromatic carbocycles. The molecule has 0 aliphatic rings. The highest BCUT2D eigenvalue weighted by molar-refractivity contribution is 7.93. The Balaban J connectivity index is 2.55. The number of nitrogens with one attached hydrogen (secondary N) is 1. The van der Waals surface area contributed by atoms with Crippen LogP contribution in [0.5, 0.6) is 0 Å². The highest BCUT2D eigenvalue weighted by Gasteiger charge is 2.16. The number of anilines is 1. The lowest BCUT2D eigenvalue weighted by Crippen LogP contribution is -2.32. The van der Waals surface area contributed by atoms with Gasteiger partial charge in [0.1, 0.15) is 9.84 Å². The van der Waals surface area contributed by atoms with Crippen molar-refractivity contribution < 1.29 is 21.9 Å². The first kappa shape index (κ1) is 16.9. The zero-order chi connectivity index (χ0) is 15.4. The smallest absolute Gasteiger partial charge is 0.212 e. The number of aliphatic hydroxyl groups is 1. The Bertz CT molecular complexity index is 638. The average Bonchev–Trinajstić information content (AvgIpc) is 2.34. The second kappa shape index (κ2) is 6.53. The summed E-state index contributed by atoms with van der Waals surface area (Å²) in [5.41, 5.74) is 6.56. The highest BCUT2D eigenvalue weighted by Crippen LogP contribution is 2.14. The molecule has 0 heterocycles. The van der Waals surface area contributed by atoms with Crippen LogP contribution < -0.4 is 10.5 Å². The maximum Gasteiger partial charge on any atom is 0.212 e. The van der Waals surface area contributed by atoms with Crippen LogP contribution in [0.3, 0.4) is 0 Å². The largest absolute Gasteiger partial charge is 0.399 e. The van der Waals surface area contributed by atoms with Crippen LogP contribution in [0, 0.1) is 0 Å². The minimum atomic E-state index is -3.74. The molecule has 1 rings (SSSR count). The van der Waals surface area contributed by atoms with Crippen LogP contribution in [0.4, 0.5) is 5.69 Å². The lowest BCUT2D eigenvalue weighted by Gasteiger charge is -2.12. The van der Waals surface area contributed by atoms with Gasteiger partial charge in [-0.05, 0) is 17.7 Å². The number of nitrogen functional groups attached to an aromatic ring is 1. The monoisotopic (exact) mass is 322 g/mol. The lowest BCUT2D eigenvalue weighted by atomic mass is 10.1. The third-order valence-electron chi connectivity index (χ3n) is 2.54. The minimum absolute atomic E-state index is 0.226. The number of aliphatic hydroxyl groups excluding tert-OH is 1. The summed E-state index contributed by atoms with van der Waals surface area (Å²) < 4.78 is 47.1. The molecule has 1 unspecified atom stereocenters. The molecule has 0 saturated carbocycles. The fraction of sp³-hybridized carbons (Fsp3) is 0.455. The van der Waals surface area contributed by atoms with Gasteiger partial charge in [0.2, 0.25) is 10.0 Å². The number of nitrogens with two attached hydrogens (primary N) is 1. The molecule has 114 valence electrons. The first-order valence-corrected chi connectivity index (χ1v) is 9.49. The van der Waals surface area contributed by atoms with Crippen molar-refractivity contribution in [1.82, 2.24) is 4.72 Å². The summed E-state index contributed by atoms with van der Waals surface area (Å²) in [5, 5.41) is 9.82. The van der Waals surface area contributed by atoms with Crippen LogP contribution in [0.15, 0.2) is 24.3 Å². The molecule has 0 amide bonds. The Morgan fingerprint density at radius 1 is 1.15 bits per heavy atom. The summed E-state index contributed by atoms with van der Waals surface area (Å²) in [4.78, 5) is 0. The second-order valence-corrected chi connectivity index (χ2v) is 8.67.